The first kappa shape index (κ1) is 28.0. The monoisotopic (exact) mass is 567 g/mol. The number of halogens is 1. The third-order valence-electron chi connectivity index (χ3n) is 10.1. The predicted octanol–water partition coefficient (Wildman–Crippen LogP) is 3.49. The van der Waals surface area contributed by atoms with Crippen molar-refractivity contribution in [2.75, 3.05) is 75.1 Å². The number of nitrogens with zero attached hydrogens (tertiary/aromatic N) is 4. The molecule has 41 heavy (non-hydrogen) atoms. The van der Waals surface area contributed by atoms with E-state index in [0.29, 0.717) is 12.5 Å². The molecule has 7 rings (SSSR count). The lowest BCUT2D eigenvalue weighted by atomic mass is 9.40. The highest BCUT2D eigenvalue weighted by Gasteiger charge is 2.64. The number of rotatable bonds is 8. The predicted molar refractivity (Wildman–Crippen MR) is 156 cm³/mol. The van der Waals surface area contributed by atoms with Crippen LogP contribution in [0.15, 0.2) is 24.4 Å². The Bertz CT molecular complexity index is 1290. The molecule has 3 aliphatic carbocycles. The maximum absolute atomic E-state index is 15.1. The molecular formula is C30H42FN7O3. The number of carbonyl (C=O) groups is 1. The Labute approximate surface area is 241 Å². The van der Waals surface area contributed by atoms with Gasteiger partial charge in [0.25, 0.3) is 0 Å². The number of amides is 1. The van der Waals surface area contributed by atoms with E-state index in [4.69, 9.17) is 9.47 Å². The molecule has 0 unspecified atom stereocenters. The van der Waals surface area contributed by atoms with Crippen molar-refractivity contribution in [3.05, 3.63) is 30.2 Å². The number of hydrogen-bond donors (Lipinski definition) is 3. The van der Waals surface area contributed by atoms with Crippen molar-refractivity contribution >= 4 is 29.0 Å². The largest absolute Gasteiger partial charge is 0.489 e. The normalized spacial score (nSPS) is 28.6. The Balaban J connectivity index is 1.18. The van der Waals surface area contributed by atoms with Gasteiger partial charge >= 0.3 is 0 Å². The van der Waals surface area contributed by atoms with Crippen LogP contribution in [-0.4, -0.2) is 85.9 Å². The van der Waals surface area contributed by atoms with Gasteiger partial charge in [0.2, 0.25) is 11.9 Å². The Kier molecular flexibility index (Phi) is 7.44. The van der Waals surface area contributed by atoms with Gasteiger partial charge in [0.15, 0.2) is 11.6 Å². The smallest absolute Gasteiger partial charge is 0.229 e. The van der Waals surface area contributed by atoms with E-state index in [1.807, 2.05) is 25.1 Å². The fraction of sp³-hybridized carbons (Fsp3) is 0.633. The number of aromatic nitrogens is 2. The second kappa shape index (κ2) is 10.9. The van der Waals surface area contributed by atoms with Gasteiger partial charge in [-0.2, -0.15) is 4.98 Å². The highest BCUT2D eigenvalue weighted by atomic mass is 19.1. The Hall–Kier alpha value is -3.18. The van der Waals surface area contributed by atoms with Crippen molar-refractivity contribution in [3.63, 3.8) is 0 Å². The van der Waals surface area contributed by atoms with Crippen molar-refractivity contribution in [2.24, 2.45) is 23.2 Å². The summed E-state index contributed by atoms with van der Waals surface area (Å²) in [7, 11) is 1.66. The van der Waals surface area contributed by atoms with Gasteiger partial charge in [-0.3, -0.25) is 9.69 Å². The number of anilines is 4. The minimum atomic E-state index is -0.644. The number of fused-ring (bicyclic) bond motifs is 3. The van der Waals surface area contributed by atoms with Gasteiger partial charge in [0, 0.05) is 45.0 Å². The molecule has 2 aliphatic heterocycles. The van der Waals surface area contributed by atoms with Crippen LogP contribution in [0.3, 0.4) is 0 Å². The lowest BCUT2D eigenvalue weighted by molar-refractivity contribution is -0.155. The third kappa shape index (κ3) is 5.18. The zero-order valence-electron chi connectivity index (χ0n) is 24.5. The first-order chi connectivity index (χ1) is 19.7. The molecule has 4 atom stereocenters. The van der Waals surface area contributed by atoms with Crippen LogP contribution in [0.4, 0.5) is 27.5 Å². The summed E-state index contributed by atoms with van der Waals surface area (Å²) in [6.45, 7) is 13.4. The van der Waals surface area contributed by atoms with Crippen LogP contribution >= 0.6 is 0 Å². The first-order valence-electron chi connectivity index (χ1n) is 14.8. The maximum atomic E-state index is 15.1. The number of morpholine rings is 1. The molecule has 1 amide bonds. The van der Waals surface area contributed by atoms with Crippen molar-refractivity contribution in [1.82, 2.24) is 20.2 Å². The van der Waals surface area contributed by atoms with E-state index in [1.165, 1.54) is 6.20 Å². The van der Waals surface area contributed by atoms with E-state index in [2.05, 4.69) is 49.6 Å². The molecule has 3 heterocycles. The van der Waals surface area contributed by atoms with Gasteiger partial charge < -0.3 is 30.3 Å². The minimum absolute atomic E-state index is 0.0222. The molecule has 3 saturated carbocycles. The third-order valence-corrected chi connectivity index (χ3v) is 10.1. The molecule has 1 aromatic carbocycles. The van der Waals surface area contributed by atoms with Gasteiger partial charge in [0.05, 0.1) is 43.1 Å². The first-order valence-corrected chi connectivity index (χ1v) is 14.8. The van der Waals surface area contributed by atoms with Crippen molar-refractivity contribution in [3.8, 4) is 5.75 Å². The van der Waals surface area contributed by atoms with Gasteiger partial charge in [-0.1, -0.05) is 13.8 Å². The topological polar surface area (TPSA) is 104 Å². The van der Waals surface area contributed by atoms with Crippen LogP contribution in [0.1, 0.15) is 33.6 Å². The van der Waals surface area contributed by atoms with E-state index in [1.54, 1.807) is 7.05 Å². The summed E-state index contributed by atoms with van der Waals surface area (Å²) in [6, 6.07) is 5.96. The van der Waals surface area contributed by atoms with Crippen LogP contribution in [0, 0.1) is 29.0 Å². The molecule has 2 aromatic rings. The molecule has 0 radical (unpaired) electrons. The Morgan fingerprint density at radius 3 is 2.68 bits per heavy atom. The molecule has 222 valence electrons. The molecule has 11 heteroatoms. The zero-order chi connectivity index (χ0) is 28.8. The summed E-state index contributed by atoms with van der Waals surface area (Å²) in [5, 5.41) is 9.43. The maximum Gasteiger partial charge on any atom is 0.229 e. The summed E-state index contributed by atoms with van der Waals surface area (Å²) in [6.07, 6.45) is 2.96. The van der Waals surface area contributed by atoms with E-state index >= 15 is 4.39 Å². The van der Waals surface area contributed by atoms with E-state index in [-0.39, 0.29) is 34.9 Å². The number of nitrogens with one attached hydrogen (secondary N) is 3. The summed E-state index contributed by atoms with van der Waals surface area (Å²) in [5.74, 6) is 1.03. The average molecular weight is 568 g/mol. The van der Waals surface area contributed by atoms with E-state index in [0.717, 1.165) is 75.9 Å². The van der Waals surface area contributed by atoms with Gasteiger partial charge in [-0.15, -0.1) is 0 Å². The van der Waals surface area contributed by atoms with Crippen molar-refractivity contribution in [2.45, 2.75) is 39.2 Å². The Morgan fingerprint density at radius 2 is 1.93 bits per heavy atom. The minimum Gasteiger partial charge on any atom is -0.489 e. The quantitative estimate of drug-likeness (QED) is 0.442. The van der Waals surface area contributed by atoms with Crippen LogP contribution in [0.5, 0.6) is 5.75 Å². The average Bonchev–Trinajstić information content (AvgIpc) is 2.97. The molecule has 1 saturated heterocycles. The van der Waals surface area contributed by atoms with Crippen molar-refractivity contribution < 1.29 is 18.7 Å². The summed E-state index contributed by atoms with van der Waals surface area (Å²) in [4.78, 5) is 26.4. The second-order valence-corrected chi connectivity index (χ2v) is 12.6. The number of ether oxygens (including phenoxy) is 2. The van der Waals surface area contributed by atoms with Crippen LogP contribution in [0.25, 0.3) is 0 Å². The summed E-state index contributed by atoms with van der Waals surface area (Å²) in [5.41, 5.74) is 1.24. The fourth-order valence-corrected chi connectivity index (χ4v) is 7.51. The molecule has 5 aliphatic rings. The van der Waals surface area contributed by atoms with E-state index in [9.17, 15) is 4.79 Å². The van der Waals surface area contributed by atoms with Crippen LogP contribution < -0.4 is 25.6 Å². The van der Waals surface area contributed by atoms with Gasteiger partial charge in [-0.25, -0.2) is 9.37 Å². The SMILES string of the molecule is CNC(=O)[C@H]1C[C@@H]2C[C@H](C2(C)C)[C@@]1(C)Nc1nc(Nc2ccc3c(c2)OCCN3CCN2CCOCC2)ncc1F. The summed E-state index contributed by atoms with van der Waals surface area (Å²) < 4.78 is 26.6. The second-order valence-electron chi connectivity index (χ2n) is 12.6. The fourth-order valence-electron chi connectivity index (χ4n) is 7.51. The molecular weight excluding hydrogens is 525 g/mol. The summed E-state index contributed by atoms with van der Waals surface area (Å²) >= 11 is 0. The van der Waals surface area contributed by atoms with Crippen LogP contribution in [0.2, 0.25) is 0 Å². The number of carbonyl (C=O) groups excluding carboxylic acids is 1. The Morgan fingerprint density at radius 1 is 1.12 bits per heavy atom. The van der Waals surface area contributed by atoms with E-state index < -0.39 is 11.4 Å². The van der Waals surface area contributed by atoms with Crippen molar-refractivity contribution in [1.29, 1.82) is 0 Å². The highest BCUT2D eigenvalue weighted by Crippen LogP contribution is 2.65. The highest BCUT2D eigenvalue weighted by molar-refractivity contribution is 5.81. The molecule has 3 N–H and O–H groups in total. The van der Waals surface area contributed by atoms with Gasteiger partial charge in [-0.05, 0) is 49.1 Å². The standard InChI is InChI=1S/C30H42FN7O3/c1-29(2)19-15-21(27(39)32-4)30(3,25(29)16-19)36-26-22(31)18-33-28(35-26)34-20-5-6-23-24(17-20)41-14-11-38(23)8-7-37-9-12-40-13-10-37/h5-6,17-19,21,25H,7-16H2,1-4H3,(H,32,39)(H2,33,34,35,36)/t19-,21-,25-,30+/m1/s1. The van der Waals surface area contributed by atoms with Crippen LogP contribution in [-0.2, 0) is 9.53 Å². The zero-order valence-corrected chi connectivity index (χ0v) is 24.5. The van der Waals surface area contributed by atoms with Gasteiger partial charge in [0.1, 0.15) is 12.4 Å². The molecule has 2 bridgehead atoms. The number of hydrogen-bond acceptors (Lipinski definition) is 9. The molecule has 0 spiro atoms. The molecule has 10 nitrogen and oxygen atoms in total. The molecule has 4 fully saturated rings. The lowest BCUT2D eigenvalue weighted by Gasteiger charge is -2.66. The lowest BCUT2D eigenvalue weighted by Crippen LogP contribution is -2.69. The molecule has 1 aromatic heterocycles. The number of benzene rings is 1.